The lowest BCUT2D eigenvalue weighted by Crippen LogP contribution is -2.14. The lowest BCUT2D eigenvalue weighted by Gasteiger charge is -2.07. The Labute approximate surface area is 179 Å². The minimum absolute atomic E-state index is 0.0731. The molecule has 1 aliphatic heterocycles. The number of aromatic nitrogens is 2. The second-order valence-electron chi connectivity index (χ2n) is 6.69. The molecule has 0 radical (unpaired) electrons. The maximum absolute atomic E-state index is 12.1. The van der Waals surface area contributed by atoms with Gasteiger partial charge >= 0.3 is 0 Å². The van der Waals surface area contributed by atoms with Crippen LogP contribution in [-0.2, 0) is 17.8 Å². The van der Waals surface area contributed by atoms with Crippen molar-refractivity contribution in [3.05, 3.63) is 65.7 Å². The molecule has 2 aromatic carbocycles. The van der Waals surface area contributed by atoms with E-state index in [9.17, 15) is 4.79 Å². The fourth-order valence-corrected chi connectivity index (χ4v) is 3.51. The van der Waals surface area contributed by atoms with Crippen molar-refractivity contribution in [3.8, 4) is 11.5 Å². The van der Waals surface area contributed by atoms with E-state index < -0.39 is 0 Å². The fraction of sp³-hybridized carbons (Fsp3) is 0.227. The molecule has 8 heteroatoms. The fourth-order valence-electron chi connectivity index (χ4n) is 2.90. The highest BCUT2D eigenvalue weighted by molar-refractivity contribution is 7.99. The van der Waals surface area contributed by atoms with Crippen LogP contribution in [0.4, 0.5) is 11.5 Å². The molecule has 0 saturated heterocycles. The Balaban J connectivity index is 1.23. The maximum atomic E-state index is 12.1. The number of hydrogen-bond acceptors (Lipinski definition) is 7. The predicted molar refractivity (Wildman–Crippen MR) is 117 cm³/mol. The molecule has 0 atom stereocenters. The van der Waals surface area contributed by atoms with E-state index in [0.29, 0.717) is 17.4 Å². The van der Waals surface area contributed by atoms with Crippen molar-refractivity contribution in [2.45, 2.75) is 24.9 Å². The maximum Gasteiger partial charge on any atom is 0.234 e. The Kier molecular flexibility index (Phi) is 6.34. The van der Waals surface area contributed by atoms with E-state index in [1.165, 1.54) is 17.3 Å². The number of nitrogens with zero attached hydrogens (tertiary/aromatic N) is 2. The zero-order valence-electron chi connectivity index (χ0n) is 16.6. The standard InChI is InChI=1S/C22H22N4O3S/c1-2-15-3-6-17(7-4-15)24-21(27)13-30-22-10-9-20(25-26-22)23-12-16-5-8-18-19(11-16)29-14-28-18/h3-11H,2,12-14H2,1H3,(H,23,25)(H,24,27). The van der Waals surface area contributed by atoms with Gasteiger partial charge in [-0.2, -0.15) is 0 Å². The summed E-state index contributed by atoms with van der Waals surface area (Å²) in [6, 6.07) is 17.4. The molecule has 2 N–H and O–H groups in total. The van der Waals surface area contributed by atoms with Crippen LogP contribution >= 0.6 is 11.8 Å². The van der Waals surface area contributed by atoms with Gasteiger partial charge in [0, 0.05) is 12.2 Å². The van der Waals surface area contributed by atoms with Crippen LogP contribution in [0.15, 0.2) is 59.6 Å². The summed E-state index contributed by atoms with van der Waals surface area (Å²) < 4.78 is 10.7. The van der Waals surface area contributed by atoms with Crippen molar-refractivity contribution in [1.82, 2.24) is 10.2 Å². The Hall–Kier alpha value is -3.26. The zero-order valence-corrected chi connectivity index (χ0v) is 17.4. The number of benzene rings is 2. The average molecular weight is 423 g/mol. The smallest absolute Gasteiger partial charge is 0.234 e. The molecule has 0 unspecified atom stereocenters. The van der Waals surface area contributed by atoms with Crippen LogP contribution in [-0.4, -0.2) is 28.7 Å². The molecule has 30 heavy (non-hydrogen) atoms. The molecule has 154 valence electrons. The Morgan fingerprint density at radius 1 is 1.00 bits per heavy atom. The number of carbonyl (C=O) groups is 1. The molecule has 7 nitrogen and oxygen atoms in total. The summed E-state index contributed by atoms with van der Waals surface area (Å²) in [4.78, 5) is 12.1. The minimum Gasteiger partial charge on any atom is -0.454 e. The average Bonchev–Trinajstić information content (AvgIpc) is 3.25. The van der Waals surface area contributed by atoms with Crippen molar-refractivity contribution in [1.29, 1.82) is 0 Å². The molecule has 0 spiro atoms. The molecule has 4 rings (SSSR count). The number of nitrogens with one attached hydrogen (secondary N) is 2. The Bertz CT molecular complexity index is 1010. The third-order valence-electron chi connectivity index (χ3n) is 4.55. The van der Waals surface area contributed by atoms with Crippen LogP contribution in [0.2, 0.25) is 0 Å². The van der Waals surface area contributed by atoms with Crippen LogP contribution in [0.3, 0.4) is 0 Å². The minimum atomic E-state index is -0.0731. The molecule has 0 bridgehead atoms. The number of amides is 1. The van der Waals surface area contributed by atoms with Gasteiger partial charge in [-0.3, -0.25) is 4.79 Å². The van der Waals surface area contributed by atoms with Crippen LogP contribution in [0.5, 0.6) is 11.5 Å². The summed E-state index contributed by atoms with van der Waals surface area (Å²) in [5.41, 5.74) is 3.10. The van der Waals surface area contributed by atoms with Gasteiger partial charge in [-0.05, 0) is 53.9 Å². The van der Waals surface area contributed by atoms with Crippen LogP contribution in [0.1, 0.15) is 18.1 Å². The first-order valence-electron chi connectivity index (χ1n) is 9.67. The van der Waals surface area contributed by atoms with Gasteiger partial charge in [-0.15, -0.1) is 10.2 Å². The molecular weight excluding hydrogens is 400 g/mol. The molecule has 0 fully saturated rings. The normalized spacial score (nSPS) is 11.9. The van der Waals surface area contributed by atoms with Gasteiger partial charge in [0.25, 0.3) is 0 Å². The quantitative estimate of drug-likeness (QED) is 0.528. The monoisotopic (exact) mass is 422 g/mol. The molecular formula is C22H22N4O3S. The SMILES string of the molecule is CCc1ccc(NC(=O)CSc2ccc(NCc3ccc4c(c3)OCO4)nn2)cc1. The first-order chi connectivity index (χ1) is 14.7. The summed E-state index contributed by atoms with van der Waals surface area (Å²) in [7, 11) is 0. The molecule has 2 heterocycles. The van der Waals surface area contributed by atoms with Crippen molar-refractivity contribution in [3.63, 3.8) is 0 Å². The second-order valence-corrected chi connectivity index (χ2v) is 7.68. The number of fused-ring (bicyclic) bond motifs is 1. The topological polar surface area (TPSA) is 85.4 Å². The highest BCUT2D eigenvalue weighted by Gasteiger charge is 2.13. The molecule has 1 aromatic heterocycles. The highest BCUT2D eigenvalue weighted by Crippen LogP contribution is 2.32. The molecule has 0 saturated carbocycles. The number of thioether (sulfide) groups is 1. The lowest BCUT2D eigenvalue weighted by molar-refractivity contribution is -0.113. The third kappa shape index (κ3) is 5.21. The predicted octanol–water partition coefficient (Wildman–Crippen LogP) is 4.11. The van der Waals surface area contributed by atoms with Crippen molar-refractivity contribution in [2.75, 3.05) is 23.2 Å². The van der Waals surface area contributed by atoms with Crippen molar-refractivity contribution in [2.24, 2.45) is 0 Å². The number of anilines is 2. The van der Waals surface area contributed by atoms with Gasteiger partial charge in [-0.1, -0.05) is 36.9 Å². The van der Waals surface area contributed by atoms with E-state index >= 15 is 0 Å². The summed E-state index contributed by atoms with van der Waals surface area (Å²) in [6.45, 7) is 2.96. The van der Waals surface area contributed by atoms with Crippen LogP contribution < -0.4 is 20.1 Å². The lowest BCUT2D eigenvalue weighted by atomic mass is 10.1. The highest BCUT2D eigenvalue weighted by atomic mass is 32.2. The van der Waals surface area contributed by atoms with Crippen LogP contribution in [0, 0.1) is 0 Å². The van der Waals surface area contributed by atoms with Crippen molar-refractivity contribution < 1.29 is 14.3 Å². The van der Waals surface area contributed by atoms with Crippen LogP contribution in [0.25, 0.3) is 0 Å². The zero-order chi connectivity index (χ0) is 20.8. The van der Waals surface area contributed by atoms with Gasteiger partial charge < -0.3 is 20.1 Å². The molecule has 1 amide bonds. The number of ether oxygens (including phenoxy) is 2. The molecule has 3 aromatic rings. The Morgan fingerprint density at radius 2 is 1.80 bits per heavy atom. The van der Waals surface area contributed by atoms with Gasteiger partial charge in [0.15, 0.2) is 11.5 Å². The summed E-state index contributed by atoms with van der Waals surface area (Å²) in [5, 5.41) is 15.2. The number of hydrogen-bond donors (Lipinski definition) is 2. The van der Waals surface area contributed by atoms with E-state index in [1.54, 1.807) is 0 Å². The third-order valence-corrected chi connectivity index (χ3v) is 5.47. The first-order valence-corrected chi connectivity index (χ1v) is 10.7. The Morgan fingerprint density at radius 3 is 2.57 bits per heavy atom. The molecule has 0 aliphatic carbocycles. The van der Waals surface area contributed by atoms with Gasteiger partial charge in [0.1, 0.15) is 10.8 Å². The summed E-state index contributed by atoms with van der Waals surface area (Å²) in [5.74, 6) is 2.39. The van der Waals surface area contributed by atoms with Gasteiger partial charge in [0.2, 0.25) is 12.7 Å². The second kappa shape index (κ2) is 9.49. The number of aryl methyl sites for hydroxylation is 1. The summed E-state index contributed by atoms with van der Waals surface area (Å²) >= 11 is 1.35. The summed E-state index contributed by atoms with van der Waals surface area (Å²) in [6.07, 6.45) is 0.976. The number of carbonyl (C=O) groups excluding carboxylic acids is 1. The first kappa shape index (κ1) is 20.0. The van der Waals surface area contributed by atoms with E-state index in [1.807, 2.05) is 54.6 Å². The van der Waals surface area contributed by atoms with Gasteiger partial charge in [0.05, 0.1) is 5.75 Å². The van der Waals surface area contributed by atoms with E-state index in [2.05, 4.69) is 27.8 Å². The van der Waals surface area contributed by atoms with E-state index in [-0.39, 0.29) is 18.5 Å². The number of rotatable bonds is 8. The molecule has 1 aliphatic rings. The largest absolute Gasteiger partial charge is 0.454 e. The van der Waals surface area contributed by atoms with Crippen molar-refractivity contribution >= 4 is 29.2 Å². The van der Waals surface area contributed by atoms with E-state index in [4.69, 9.17) is 9.47 Å². The van der Waals surface area contributed by atoms with Gasteiger partial charge in [-0.25, -0.2) is 0 Å². The van der Waals surface area contributed by atoms with E-state index in [0.717, 1.165) is 29.2 Å².